The molecule has 0 spiro atoms. The van der Waals surface area contributed by atoms with Gasteiger partial charge in [-0.05, 0) is 13.8 Å². The molecule has 1 amide bonds. The third kappa shape index (κ3) is 3.62. The highest BCUT2D eigenvalue weighted by molar-refractivity contribution is 7.54. The van der Waals surface area contributed by atoms with E-state index in [0.29, 0.717) is 6.41 Å². The Labute approximate surface area is 84.0 Å². The molecule has 0 radical (unpaired) electrons. The van der Waals surface area contributed by atoms with Crippen molar-refractivity contribution in [3.8, 4) is 0 Å². The first-order valence-electron chi connectivity index (χ1n) is 4.35. The topological polar surface area (TPSA) is 64.6 Å². The monoisotopic (exact) mass is 221 g/mol. The SMILES string of the molecule is C=C[C@H](NC=O)P(=O)(OCC)OCC. The molecule has 0 heterocycles. The summed E-state index contributed by atoms with van der Waals surface area (Å²) in [5, 5.41) is 2.33. The minimum absolute atomic E-state index is 0.252. The molecule has 5 nitrogen and oxygen atoms in total. The average molecular weight is 221 g/mol. The van der Waals surface area contributed by atoms with Gasteiger partial charge >= 0.3 is 7.60 Å². The highest BCUT2D eigenvalue weighted by Gasteiger charge is 2.32. The maximum Gasteiger partial charge on any atom is 0.356 e. The summed E-state index contributed by atoms with van der Waals surface area (Å²) in [6, 6.07) is 0. The van der Waals surface area contributed by atoms with Crippen LogP contribution in [0, 0.1) is 0 Å². The lowest BCUT2D eigenvalue weighted by Crippen LogP contribution is -2.27. The van der Waals surface area contributed by atoms with Crippen LogP contribution in [0.4, 0.5) is 0 Å². The van der Waals surface area contributed by atoms with E-state index in [-0.39, 0.29) is 13.2 Å². The van der Waals surface area contributed by atoms with Crippen molar-refractivity contribution in [2.45, 2.75) is 19.6 Å². The van der Waals surface area contributed by atoms with Crippen LogP contribution in [0.5, 0.6) is 0 Å². The first-order valence-corrected chi connectivity index (χ1v) is 5.96. The molecule has 1 atom stereocenters. The van der Waals surface area contributed by atoms with Gasteiger partial charge in [-0.25, -0.2) is 0 Å². The molecule has 0 aromatic rings. The molecular formula is C8H16NO4P. The molecule has 82 valence electrons. The Balaban J connectivity index is 4.65. The average Bonchev–Trinajstić information content (AvgIpc) is 2.14. The molecule has 0 saturated carbocycles. The Morgan fingerprint density at radius 1 is 1.43 bits per heavy atom. The predicted molar refractivity (Wildman–Crippen MR) is 54.0 cm³/mol. The second-order valence-corrected chi connectivity index (χ2v) is 4.49. The Morgan fingerprint density at radius 2 is 1.93 bits per heavy atom. The molecule has 14 heavy (non-hydrogen) atoms. The van der Waals surface area contributed by atoms with Crippen LogP contribution in [0.3, 0.4) is 0 Å². The molecule has 1 N–H and O–H groups in total. The summed E-state index contributed by atoms with van der Waals surface area (Å²) in [5.74, 6) is -0.792. The van der Waals surface area contributed by atoms with Gasteiger partial charge in [0, 0.05) is 0 Å². The van der Waals surface area contributed by atoms with Gasteiger partial charge in [-0.2, -0.15) is 0 Å². The maximum atomic E-state index is 12.0. The molecule has 0 aliphatic carbocycles. The van der Waals surface area contributed by atoms with Crippen LogP contribution in [0.2, 0.25) is 0 Å². The number of nitrogens with one attached hydrogen (secondary N) is 1. The summed E-state index contributed by atoms with van der Waals surface area (Å²) in [6.07, 6.45) is 1.78. The Kier molecular flexibility index (Phi) is 6.45. The fourth-order valence-corrected chi connectivity index (χ4v) is 2.53. The molecule has 0 unspecified atom stereocenters. The van der Waals surface area contributed by atoms with Crippen molar-refractivity contribution in [2.24, 2.45) is 0 Å². The fraction of sp³-hybridized carbons (Fsp3) is 0.625. The molecule has 0 saturated heterocycles. The Morgan fingerprint density at radius 3 is 2.21 bits per heavy atom. The molecule has 0 aromatic heterocycles. The van der Waals surface area contributed by atoms with E-state index in [2.05, 4.69) is 11.9 Å². The normalized spacial score (nSPS) is 13.3. The van der Waals surface area contributed by atoms with Crippen LogP contribution in [0.15, 0.2) is 12.7 Å². The van der Waals surface area contributed by atoms with Crippen molar-refractivity contribution in [1.29, 1.82) is 0 Å². The van der Waals surface area contributed by atoms with Gasteiger partial charge in [-0.3, -0.25) is 9.36 Å². The molecular weight excluding hydrogens is 205 g/mol. The molecule has 0 aliphatic rings. The Bertz CT molecular complexity index is 221. The second kappa shape index (κ2) is 6.76. The Hall–Kier alpha value is -0.640. The van der Waals surface area contributed by atoms with Gasteiger partial charge in [0.25, 0.3) is 0 Å². The highest BCUT2D eigenvalue weighted by atomic mass is 31.2. The maximum absolute atomic E-state index is 12.0. The van der Waals surface area contributed by atoms with E-state index in [1.165, 1.54) is 6.08 Å². The van der Waals surface area contributed by atoms with Crippen molar-refractivity contribution >= 4 is 14.0 Å². The first kappa shape index (κ1) is 13.4. The van der Waals surface area contributed by atoms with Crippen molar-refractivity contribution in [3.05, 3.63) is 12.7 Å². The van der Waals surface area contributed by atoms with Crippen molar-refractivity contribution in [2.75, 3.05) is 13.2 Å². The summed E-state index contributed by atoms with van der Waals surface area (Å²) in [4.78, 5) is 10.2. The van der Waals surface area contributed by atoms with E-state index in [1.807, 2.05) is 0 Å². The van der Waals surface area contributed by atoms with E-state index in [4.69, 9.17) is 9.05 Å². The zero-order valence-corrected chi connectivity index (χ0v) is 9.33. The summed E-state index contributed by atoms with van der Waals surface area (Å²) >= 11 is 0. The van der Waals surface area contributed by atoms with Gasteiger partial charge in [0.1, 0.15) is 5.78 Å². The van der Waals surface area contributed by atoms with Crippen LogP contribution in [-0.2, 0) is 18.4 Å². The van der Waals surface area contributed by atoms with Crippen LogP contribution in [0.25, 0.3) is 0 Å². The van der Waals surface area contributed by atoms with Crippen LogP contribution in [-0.4, -0.2) is 25.4 Å². The number of rotatable bonds is 8. The molecule has 0 aliphatic heterocycles. The number of hydrogen-bond acceptors (Lipinski definition) is 4. The number of carbonyl (C=O) groups excluding carboxylic acids is 1. The van der Waals surface area contributed by atoms with E-state index in [0.717, 1.165) is 0 Å². The number of carbonyl (C=O) groups is 1. The quantitative estimate of drug-likeness (QED) is 0.383. The van der Waals surface area contributed by atoms with Crippen LogP contribution < -0.4 is 5.32 Å². The smallest absolute Gasteiger partial charge is 0.341 e. The van der Waals surface area contributed by atoms with Gasteiger partial charge in [0.2, 0.25) is 6.41 Å². The summed E-state index contributed by atoms with van der Waals surface area (Å²) < 4.78 is 22.0. The fourth-order valence-electron chi connectivity index (χ4n) is 0.916. The van der Waals surface area contributed by atoms with Crippen molar-refractivity contribution in [1.82, 2.24) is 5.32 Å². The van der Waals surface area contributed by atoms with E-state index < -0.39 is 13.4 Å². The zero-order chi connectivity index (χ0) is 11.0. The third-order valence-electron chi connectivity index (χ3n) is 1.42. The van der Waals surface area contributed by atoms with Gasteiger partial charge < -0.3 is 14.4 Å². The lowest BCUT2D eigenvalue weighted by atomic mass is 10.6. The zero-order valence-electron chi connectivity index (χ0n) is 8.43. The van der Waals surface area contributed by atoms with E-state index in [9.17, 15) is 9.36 Å². The molecule has 0 aromatic carbocycles. The van der Waals surface area contributed by atoms with Crippen molar-refractivity contribution in [3.63, 3.8) is 0 Å². The van der Waals surface area contributed by atoms with Crippen LogP contribution in [0.1, 0.15) is 13.8 Å². The standard InChI is InChI=1S/C8H16NO4P/c1-4-8(9-7-10)14(11,12-5-2)13-6-3/h4,7-8H,1,5-6H2,2-3H3,(H,9,10)/t8-/m1/s1. The van der Waals surface area contributed by atoms with Gasteiger partial charge in [-0.15, -0.1) is 6.58 Å². The molecule has 0 fully saturated rings. The summed E-state index contributed by atoms with van der Waals surface area (Å²) in [7, 11) is -3.31. The first-order chi connectivity index (χ1) is 6.64. The minimum atomic E-state index is -3.31. The molecule has 6 heteroatoms. The van der Waals surface area contributed by atoms with Gasteiger partial charge in [0.05, 0.1) is 13.2 Å². The number of amides is 1. The predicted octanol–water partition coefficient (Wildman–Crippen LogP) is 1.51. The van der Waals surface area contributed by atoms with Crippen LogP contribution >= 0.6 is 7.60 Å². The van der Waals surface area contributed by atoms with Crippen molar-refractivity contribution < 1.29 is 18.4 Å². The summed E-state index contributed by atoms with van der Waals surface area (Å²) in [6.45, 7) is 7.36. The number of hydrogen-bond donors (Lipinski definition) is 1. The lowest BCUT2D eigenvalue weighted by Gasteiger charge is -2.22. The lowest BCUT2D eigenvalue weighted by molar-refractivity contribution is -0.109. The largest absolute Gasteiger partial charge is 0.356 e. The third-order valence-corrected chi connectivity index (χ3v) is 3.70. The van der Waals surface area contributed by atoms with E-state index >= 15 is 0 Å². The molecule has 0 bridgehead atoms. The van der Waals surface area contributed by atoms with Gasteiger partial charge in [-0.1, -0.05) is 6.08 Å². The highest BCUT2D eigenvalue weighted by Crippen LogP contribution is 2.52. The molecule has 0 rings (SSSR count). The summed E-state index contributed by atoms with van der Waals surface area (Å²) in [5.41, 5.74) is 0. The second-order valence-electron chi connectivity index (χ2n) is 2.34. The minimum Gasteiger partial charge on any atom is -0.341 e. The van der Waals surface area contributed by atoms with E-state index in [1.54, 1.807) is 13.8 Å². The van der Waals surface area contributed by atoms with Gasteiger partial charge in [0.15, 0.2) is 0 Å².